The van der Waals surface area contributed by atoms with E-state index >= 15 is 0 Å². The Morgan fingerprint density at radius 3 is 1.31 bits per heavy atom. The fourth-order valence-corrected chi connectivity index (χ4v) is 9.40. The molecule has 6 nitrogen and oxygen atoms in total. The summed E-state index contributed by atoms with van der Waals surface area (Å²) in [4.78, 5) is 26.2. The van der Waals surface area contributed by atoms with Crippen molar-refractivity contribution in [2.45, 2.75) is 5.41 Å². The van der Waals surface area contributed by atoms with E-state index in [4.69, 9.17) is 29.7 Å². The van der Waals surface area contributed by atoms with Crippen molar-refractivity contribution in [3.8, 4) is 90.7 Å². The van der Waals surface area contributed by atoms with Crippen LogP contribution in [0.15, 0.2) is 212 Å². The number of aromatic nitrogens is 5. The maximum absolute atomic E-state index is 6.78. The minimum absolute atomic E-state index is 0.594. The van der Waals surface area contributed by atoms with Gasteiger partial charge in [0, 0.05) is 44.5 Å². The highest BCUT2D eigenvalue weighted by molar-refractivity contribution is 5.99. The maximum Gasteiger partial charge on any atom is 0.164 e. The molecule has 10 aromatic rings. The highest BCUT2D eigenvalue weighted by Gasteiger charge is 2.53. The van der Waals surface area contributed by atoms with Gasteiger partial charge in [0.25, 0.3) is 0 Å². The summed E-state index contributed by atoms with van der Waals surface area (Å²) in [6.07, 6.45) is 0. The van der Waals surface area contributed by atoms with E-state index in [2.05, 4.69) is 115 Å². The van der Waals surface area contributed by atoms with Crippen molar-refractivity contribution in [2.75, 3.05) is 0 Å². The standard InChI is InChI=1S/C56H35N5O/c1-5-19-36(20-6-1)46-35-47(58-52(57-46)37-21-7-2-8-22-37)40-27-17-28-41-50-42(55-60-53(38-23-9-3-10-24-38)59-54(61-55)39-25-11-4-12-26-39)29-18-32-45(50)56(51(40)41)43-30-13-15-33-48(43)62-49-34-16-14-31-44(49)56/h1-35H. The molecule has 0 saturated heterocycles. The highest BCUT2D eigenvalue weighted by Crippen LogP contribution is 2.65. The molecule has 0 bridgehead atoms. The van der Waals surface area contributed by atoms with Gasteiger partial charge in [-0.3, -0.25) is 0 Å². The Bertz CT molecular complexity index is 3160. The summed E-state index contributed by atoms with van der Waals surface area (Å²) in [6.45, 7) is 0. The Morgan fingerprint density at radius 1 is 0.306 bits per heavy atom. The Balaban J connectivity index is 1.20. The summed E-state index contributed by atoms with van der Waals surface area (Å²) in [5.74, 6) is 4.08. The predicted molar refractivity (Wildman–Crippen MR) is 245 cm³/mol. The second-order valence-corrected chi connectivity index (χ2v) is 15.5. The summed E-state index contributed by atoms with van der Waals surface area (Å²) >= 11 is 0. The molecule has 62 heavy (non-hydrogen) atoms. The van der Waals surface area contributed by atoms with E-state index in [9.17, 15) is 0 Å². The topological polar surface area (TPSA) is 73.7 Å². The Morgan fingerprint density at radius 2 is 0.726 bits per heavy atom. The van der Waals surface area contributed by atoms with Crippen LogP contribution in [0.3, 0.4) is 0 Å². The normalized spacial score (nSPS) is 12.8. The Labute approximate surface area is 359 Å². The van der Waals surface area contributed by atoms with E-state index in [-0.39, 0.29) is 0 Å². The molecule has 1 aliphatic heterocycles. The van der Waals surface area contributed by atoms with Gasteiger partial charge in [0.1, 0.15) is 11.5 Å². The van der Waals surface area contributed by atoms with Gasteiger partial charge >= 0.3 is 0 Å². The third kappa shape index (κ3) is 5.61. The van der Waals surface area contributed by atoms with Crippen LogP contribution in [0.4, 0.5) is 0 Å². The van der Waals surface area contributed by atoms with Gasteiger partial charge in [0.15, 0.2) is 23.3 Å². The first-order valence-electron chi connectivity index (χ1n) is 20.8. The minimum atomic E-state index is -0.814. The number of fused-ring (bicyclic) bond motifs is 9. The van der Waals surface area contributed by atoms with Crippen molar-refractivity contribution in [3.05, 3.63) is 235 Å². The number of nitrogens with zero attached hydrogens (tertiary/aromatic N) is 5. The van der Waals surface area contributed by atoms with Gasteiger partial charge in [-0.15, -0.1) is 0 Å². The Kier molecular flexibility index (Phi) is 8.28. The van der Waals surface area contributed by atoms with Crippen LogP contribution in [-0.4, -0.2) is 24.9 Å². The van der Waals surface area contributed by atoms with E-state index in [0.29, 0.717) is 23.3 Å². The summed E-state index contributed by atoms with van der Waals surface area (Å²) in [6, 6.07) is 73.0. The van der Waals surface area contributed by atoms with Crippen LogP contribution < -0.4 is 4.74 Å². The number of hydrogen-bond acceptors (Lipinski definition) is 6. The van der Waals surface area contributed by atoms with Crippen molar-refractivity contribution >= 4 is 0 Å². The molecule has 0 saturated carbocycles. The van der Waals surface area contributed by atoms with Crippen molar-refractivity contribution in [2.24, 2.45) is 0 Å². The molecule has 8 aromatic carbocycles. The first-order valence-corrected chi connectivity index (χ1v) is 20.8. The van der Waals surface area contributed by atoms with Gasteiger partial charge in [0.2, 0.25) is 0 Å². The summed E-state index contributed by atoms with van der Waals surface area (Å²) in [5.41, 5.74) is 13.0. The van der Waals surface area contributed by atoms with Crippen molar-refractivity contribution < 1.29 is 4.74 Å². The fraction of sp³-hybridized carbons (Fsp3) is 0.0179. The van der Waals surface area contributed by atoms with Crippen molar-refractivity contribution in [1.29, 1.82) is 0 Å². The second kappa shape index (κ2) is 14.4. The molecule has 1 aliphatic carbocycles. The van der Waals surface area contributed by atoms with Gasteiger partial charge in [-0.1, -0.05) is 194 Å². The highest BCUT2D eigenvalue weighted by atomic mass is 16.5. The lowest BCUT2D eigenvalue weighted by molar-refractivity contribution is 0.436. The lowest BCUT2D eigenvalue weighted by atomic mass is 9.65. The van der Waals surface area contributed by atoms with Crippen LogP contribution in [0.1, 0.15) is 22.3 Å². The van der Waals surface area contributed by atoms with E-state index < -0.39 is 5.41 Å². The number of rotatable bonds is 6. The van der Waals surface area contributed by atoms with Crippen molar-refractivity contribution in [3.63, 3.8) is 0 Å². The molecule has 290 valence electrons. The zero-order valence-corrected chi connectivity index (χ0v) is 33.4. The van der Waals surface area contributed by atoms with Gasteiger partial charge < -0.3 is 4.74 Å². The molecular formula is C56H35N5O. The van der Waals surface area contributed by atoms with Crippen LogP contribution in [-0.2, 0) is 5.41 Å². The Hall–Kier alpha value is -8.35. The van der Waals surface area contributed by atoms with Crippen LogP contribution in [0.5, 0.6) is 11.5 Å². The molecule has 1 spiro atoms. The molecule has 2 aliphatic rings. The minimum Gasteiger partial charge on any atom is -0.457 e. The van der Waals surface area contributed by atoms with Crippen LogP contribution in [0, 0.1) is 0 Å². The van der Waals surface area contributed by atoms with Crippen LogP contribution in [0.25, 0.3) is 79.2 Å². The molecule has 0 atom stereocenters. The number of hydrogen-bond donors (Lipinski definition) is 0. The average molecular weight is 794 g/mol. The van der Waals surface area contributed by atoms with Crippen molar-refractivity contribution in [1.82, 2.24) is 24.9 Å². The molecule has 0 N–H and O–H groups in total. The zero-order valence-electron chi connectivity index (χ0n) is 33.4. The van der Waals surface area contributed by atoms with E-state index in [1.54, 1.807) is 0 Å². The SMILES string of the molecule is c1ccc(-c2cc(-c3cccc4c3C3(c5ccccc5Oc5ccccc53)c3cccc(-c5nc(-c6ccccc6)nc(-c6ccccc6)n5)c3-4)nc(-c3ccccc3)n2)cc1. The second-order valence-electron chi connectivity index (χ2n) is 15.5. The summed E-state index contributed by atoms with van der Waals surface area (Å²) < 4.78 is 6.78. The third-order valence-electron chi connectivity index (χ3n) is 12.0. The van der Waals surface area contributed by atoms with Gasteiger partial charge in [-0.05, 0) is 40.5 Å². The molecule has 2 aromatic heterocycles. The van der Waals surface area contributed by atoms with Gasteiger partial charge in [-0.25, -0.2) is 24.9 Å². The third-order valence-corrected chi connectivity index (χ3v) is 12.0. The molecule has 12 rings (SSSR count). The van der Waals surface area contributed by atoms with Crippen LogP contribution in [0.2, 0.25) is 0 Å². The molecular weight excluding hydrogens is 759 g/mol. The largest absolute Gasteiger partial charge is 0.457 e. The van der Waals surface area contributed by atoms with Gasteiger partial charge in [0.05, 0.1) is 16.8 Å². The zero-order chi connectivity index (χ0) is 41.0. The molecule has 6 heteroatoms. The quantitative estimate of drug-likeness (QED) is 0.167. The molecule has 0 amide bonds. The predicted octanol–water partition coefficient (Wildman–Crippen LogP) is 13.1. The fourth-order valence-electron chi connectivity index (χ4n) is 9.40. The van der Waals surface area contributed by atoms with E-state index in [0.717, 1.165) is 89.6 Å². The molecule has 0 unspecified atom stereocenters. The summed E-state index contributed by atoms with van der Waals surface area (Å²) in [7, 11) is 0. The monoisotopic (exact) mass is 793 g/mol. The average Bonchev–Trinajstić information content (AvgIpc) is 3.66. The van der Waals surface area contributed by atoms with E-state index in [1.807, 2.05) is 97.1 Å². The van der Waals surface area contributed by atoms with Crippen LogP contribution >= 0.6 is 0 Å². The summed E-state index contributed by atoms with van der Waals surface area (Å²) in [5, 5.41) is 0. The smallest absolute Gasteiger partial charge is 0.164 e. The first-order chi connectivity index (χ1) is 30.7. The van der Waals surface area contributed by atoms with E-state index in [1.165, 1.54) is 0 Å². The lowest BCUT2D eigenvalue weighted by Crippen LogP contribution is -2.32. The maximum atomic E-state index is 6.78. The molecule has 0 fully saturated rings. The van der Waals surface area contributed by atoms with Gasteiger partial charge in [-0.2, -0.15) is 0 Å². The number of ether oxygens (including phenoxy) is 1. The lowest BCUT2D eigenvalue weighted by Gasteiger charge is -2.40. The number of para-hydroxylation sites is 2. The number of benzene rings is 8. The molecule has 0 radical (unpaired) electrons. The first kappa shape index (κ1) is 35.6. The molecule has 3 heterocycles.